The summed E-state index contributed by atoms with van der Waals surface area (Å²) in [5.74, 6) is -3.15. The Bertz CT molecular complexity index is 785. The summed E-state index contributed by atoms with van der Waals surface area (Å²) < 4.78 is 48.3. The summed E-state index contributed by atoms with van der Waals surface area (Å²) in [4.78, 5) is 0. The maximum absolute atomic E-state index is 12.2. The van der Waals surface area contributed by atoms with E-state index in [-0.39, 0.29) is 33.1 Å². The average Bonchev–Trinajstić information content (AvgIpc) is 3.41. The molecule has 0 aliphatic carbocycles. The van der Waals surface area contributed by atoms with E-state index in [0.717, 1.165) is 24.3 Å². The molecular formula is C22H18F4N2Ti. The monoisotopic (exact) mass is 434 g/mol. The first-order valence-corrected chi connectivity index (χ1v) is 7.99. The first-order valence-electron chi connectivity index (χ1n) is 7.99. The molecule has 0 saturated carbocycles. The summed E-state index contributed by atoms with van der Waals surface area (Å²) in [7, 11) is 0. The van der Waals surface area contributed by atoms with E-state index in [1.54, 1.807) is 12.1 Å². The Balaban J connectivity index is 0.000000369. The number of benzene rings is 2. The minimum atomic E-state index is -0.838. The molecule has 0 radical (unpaired) electrons. The quantitative estimate of drug-likeness (QED) is 0.166. The molecule has 0 aromatic heterocycles. The normalized spacial score (nSPS) is 8.69. The van der Waals surface area contributed by atoms with Gasteiger partial charge < -0.3 is 11.5 Å². The number of halogens is 4. The Morgan fingerprint density at radius 2 is 0.897 bits per heavy atom. The van der Waals surface area contributed by atoms with Crippen LogP contribution < -0.4 is 11.5 Å². The van der Waals surface area contributed by atoms with Crippen molar-refractivity contribution in [3.63, 3.8) is 0 Å². The SMILES string of the molecule is Nc1ccc(F)[c-]c1F.Nc1ccc(F)[c-]c1F.[Ti+4].c1cc[cH-]c1.c1cc[cH-]c1. The van der Waals surface area contributed by atoms with Crippen LogP contribution in [0.3, 0.4) is 0 Å². The molecule has 0 unspecified atom stereocenters. The zero-order chi connectivity index (χ0) is 20.8. The number of hydrogen-bond acceptors (Lipinski definition) is 2. The zero-order valence-electron chi connectivity index (χ0n) is 15.2. The standard InChI is InChI=1S/2C6H4F2N.2C5H5.Ti/c2*7-4-1-2-6(9)5(8)3-4;2*1-2-4-5-3-1;/h2*1-2H,9H2;2*1-5H;/q4*-1;+4. The van der Waals surface area contributed by atoms with E-state index in [4.69, 9.17) is 11.5 Å². The summed E-state index contributed by atoms with van der Waals surface area (Å²) in [5.41, 5.74) is 9.86. The van der Waals surface area contributed by atoms with Gasteiger partial charge in [-0.25, -0.2) is 41.8 Å². The van der Waals surface area contributed by atoms with Gasteiger partial charge in [0.15, 0.2) is 0 Å². The van der Waals surface area contributed by atoms with E-state index in [0.29, 0.717) is 0 Å². The van der Waals surface area contributed by atoms with Crippen LogP contribution in [0.5, 0.6) is 0 Å². The Morgan fingerprint density at radius 1 is 0.586 bits per heavy atom. The molecule has 0 aliphatic rings. The second-order valence-corrected chi connectivity index (χ2v) is 5.08. The van der Waals surface area contributed by atoms with Crippen LogP contribution in [0.25, 0.3) is 0 Å². The summed E-state index contributed by atoms with van der Waals surface area (Å²) >= 11 is 0. The van der Waals surface area contributed by atoms with Gasteiger partial charge in [-0.1, -0.05) is 0 Å². The van der Waals surface area contributed by atoms with Crippen molar-refractivity contribution in [2.75, 3.05) is 11.5 Å². The molecule has 0 saturated heterocycles. The molecule has 29 heavy (non-hydrogen) atoms. The van der Waals surface area contributed by atoms with Gasteiger partial charge in [-0.15, -0.1) is 36.4 Å². The number of anilines is 2. The van der Waals surface area contributed by atoms with Crippen molar-refractivity contribution >= 4 is 11.4 Å². The Morgan fingerprint density at radius 3 is 1.07 bits per heavy atom. The van der Waals surface area contributed by atoms with Crippen LogP contribution >= 0.6 is 0 Å². The van der Waals surface area contributed by atoms with Gasteiger partial charge in [0.2, 0.25) is 0 Å². The van der Waals surface area contributed by atoms with Crippen LogP contribution in [-0.2, 0) is 21.7 Å². The van der Waals surface area contributed by atoms with E-state index < -0.39 is 23.3 Å². The summed E-state index contributed by atoms with van der Waals surface area (Å²) in [6.45, 7) is 0. The van der Waals surface area contributed by atoms with Crippen molar-refractivity contribution in [1.29, 1.82) is 0 Å². The van der Waals surface area contributed by atoms with Crippen molar-refractivity contribution < 1.29 is 39.3 Å². The van der Waals surface area contributed by atoms with Crippen LogP contribution in [0.2, 0.25) is 0 Å². The van der Waals surface area contributed by atoms with Gasteiger partial charge >= 0.3 is 21.7 Å². The smallest absolute Gasteiger partial charge is 0.447 e. The maximum Gasteiger partial charge on any atom is 4.00 e. The van der Waals surface area contributed by atoms with Crippen LogP contribution in [0.15, 0.2) is 84.9 Å². The van der Waals surface area contributed by atoms with Crippen LogP contribution in [0.1, 0.15) is 0 Å². The number of rotatable bonds is 0. The summed E-state index contributed by atoms with van der Waals surface area (Å²) in [6.07, 6.45) is 0. The van der Waals surface area contributed by atoms with E-state index in [2.05, 4.69) is 0 Å². The van der Waals surface area contributed by atoms with Crippen molar-refractivity contribution in [3.05, 3.63) is 120 Å². The number of nitrogens with two attached hydrogens (primary N) is 2. The Labute approximate surface area is 182 Å². The average molecular weight is 434 g/mol. The molecule has 0 spiro atoms. The van der Waals surface area contributed by atoms with Gasteiger partial charge in [0.1, 0.15) is 0 Å². The zero-order valence-corrected chi connectivity index (χ0v) is 16.8. The largest absolute Gasteiger partial charge is 4.00 e. The first-order chi connectivity index (χ1) is 13.4. The number of nitrogen functional groups attached to an aromatic ring is 2. The molecule has 0 fully saturated rings. The molecule has 0 heterocycles. The predicted molar refractivity (Wildman–Crippen MR) is 103 cm³/mol. The van der Waals surface area contributed by atoms with Crippen molar-refractivity contribution in [1.82, 2.24) is 0 Å². The fraction of sp³-hybridized carbons (Fsp3) is 0. The van der Waals surface area contributed by atoms with Crippen LogP contribution in [-0.4, -0.2) is 0 Å². The van der Waals surface area contributed by atoms with E-state index in [1.807, 2.05) is 60.7 Å². The third-order valence-corrected chi connectivity index (χ3v) is 2.89. The van der Waals surface area contributed by atoms with Crippen molar-refractivity contribution in [2.24, 2.45) is 0 Å². The minimum Gasteiger partial charge on any atom is -0.447 e. The number of hydrogen-bond donors (Lipinski definition) is 2. The van der Waals surface area contributed by atoms with Gasteiger partial charge in [-0.2, -0.15) is 36.4 Å². The van der Waals surface area contributed by atoms with E-state index >= 15 is 0 Å². The molecule has 4 aromatic carbocycles. The van der Waals surface area contributed by atoms with Crippen LogP contribution in [0.4, 0.5) is 28.9 Å². The van der Waals surface area contributed by atoms with Crippen molar-refractivity contribution in [2.45, 2.75) is 0 Å². The van der Waals surface area contributed by atoms with Crippen molar-refractivity contribution in [3.8, 4) is 0 Å². The molecule has 4 rings (SSSR count). The molecule has 0 bridgehead atoms. The molecule has 4 aromatic rings. The van der Waals surface area contributed by atoms with Gasteiger partial charge in [0.25, 0.3) is 0 Å². The fourth-order valence-electron chi connectivity index (χ4n) is 1.55. The Kier molecular flexibility index (Phi) is 13.7. The summed E-state index contributed by atoms with van der Waals surface area (Å²) in [6, 6.07) is 28.0. The van der Waals surface area contributed by atoms with Gasteiger partial charge in [-0.05, 0) is 11.4 Å². The van der Waals surface area contributed by atoms with E-state index in [1.165, 1.54) is 0 Å². The molecule has 0 amide bonds. The second-order valence-electron chi connectivity index (χ2n) is 5.08. The topological polar surface area (TPSA) is 52.0 Å². The molecule has 148 valence electrons. The Hall–Kier alpha value is -2.83. The predicted octanol–water partition coefficient (Wildman–Crippen LogP) is 5.50. The third kappa shape index (κ3) is 12.3. The molecule has 7 heteroatoms. The van der Waals surface area contributed by atoms with E-state index in [9.17, 15) is 17.6 Å². The van der Waals surface area contributed by atoms with Gasteiger partial charge in [0.05, 0.1) is 0 Å². The molecule has 0 atom stereocenters. The molecular weight excluding hydrogens is 416 g/mol. The first kappa shape index (κ1) is 26.2. The maximum atomic E-state index is 12.2. The molecule has 0 aliphatic heterocycles. The summed E-state index contributed by atoms with van der Waals surface area (Å²) in [5, 5.41) is 0. The van der Waals surface area contributed by atoms with Gasteiger partial charge in [-0.3, -0.25) is 0 Å². The molecule has 2 nitrogen and oxygen atoms in total. The molecule has 4 N–H and O–H groups in total. The second kappa shape index (κ2) is 15.1. The minimum absolute atomic E-state index is 0. The van der Waals surface area contributed by atoms with Gasteiger partial charge in [0, 0.05) is 23.3 Å². The van der Waals surface area contributed by atoms with Crippen LogP contribution in [0, 0.1) is 35.4 Å². The fourth-order valence-corrected chi connectivity index (χ4v) is 1.55. The third-order valence-electron chi connectivity index (χ3n) is 2.89.